The van der Waals surface area contributed by atoms with Crippen LogP contribution < -0.4 is 5.32 Å². The molecule has 0 saturated carbocycles. The maximum absolute atomic E-state index is 12.9. The first-order valence-electron chi connectivity index (χ1n) is 11.4. The van der Waals surface area contributed by atoms with Crippen molar-refractivity contribution < 1.29 is 14.3 Å². The molecule has 0 aliphatic carbocycles. The highest BCUT2D eigenvalue weighted by molar-refractivity contribution is 5.93. The fourth-order valence-electron chi connectivity index (χ4n) is 4.59. The molecule has 1 unspecified atom stereocenters. The molecule has 32 heavy (non-hydrogen) atoms. The zero-order valence-electron chi connectivity index (χ0n) is 19.3. The van der Waals surface area contributed by atoms with Gasteiger partial charge in [0.15, 0.2) is 0 Å². The second-order valence-electron chi connectivity index (χ2n) is 8.85. The molecule has 0 bridgehead atoms. The minimum atomic E-state index is -0.0703. The minimum absolute atomic E-state index is 0.0394. The number of piperidine rings is 1. The summed E-state index contributed by atoms with van der Waals surface area (Å²) in [6.45, 7) is 10.2. The number of nitrogens with one attached hydrogen (secondary N) is 1. The van der Waals surface area contributed by atoms with Gasteiger partial charge in [-0.15, -0.1) is 0 Å². The van der Waals surface area contributed by atoms with Crippen LogP contribution in [0, 0.1) is 26.7 Å². The third-order valence-electron chi connectivity index (χ3n) is 6.38. The number of hydrogen-bond donors (Lipinski definition) is 1. The van der Waals surface area contributed by atoms with Gasteiger partial charge < -0.3 is 15.0 Å². The first-order valence-corrected chi connectivity index (χ1v) is 11.4. The molecule has 2 aliphatic rings. The van der Waals surface area contributed by atoms with E-state index in [0.29, 0.717) is 32.8 Å². The molecule has 0 spiro atoms. The van der Waals surface area contributed by atoms with Crippen LogP contribution in [-0.4, -0.2) is 77.3 Å². The van der Waals surface area contributed by atoms with Crippen LogP contribution in [0.25, 0.3) is 5.69 Å². The Balaban J connectivity index is 1.37. The van der Waals surface area contributed by atoms with Crippen molar-refractivity contribution in [3.8, 4) is 5.69 Å². The lowest BCUT2D eigenvalue weighted by molar-refractivity contribution is -0.141. The van der Waals surface area contributed by atoms with Gasteiger partial charge in [-0.3, -0.25) is 14.5 Å². The summed E-state index contributed by atoms with van der Waals surface area (Å²) in [5.41, 5.74) is 4.61. The van der Waals surface area contributed by atoms with Crippen LogP contribution in [-0.2, 0) is 14.3 Å². The highest BCUT2D eigenvalue weighted by atomic mass is 16.5. The Bertz CT molecular complexity index is 963. The Hall–Kier alpha value is -2.71. The number of carbonyl (C=O) groups excluding carboxylic acids is 2. The van der Waals surface area contributed by atoms with E-state index in [4.69, 9.17) is 4.74 Å². The summed E-state index contributed by atoms with van der Waals surface area (Å²) in [7, 11) is 0. The van der Waals surface area contributed by atoms with Crippen LogP contribution in [0.2, 0.25) is 0 Å². The Morgan fingerprint density at radius 3 is 2.53 bits per heavy atom. The Morgan fingerprint density at radius 1 is 1.09 bits per heavy atom. The minimum Gasteiger partial charge on any atom is -0.378 e. The van der Waals surface area contributed by atoms with Gasteiger partial charge in [0.25, 0.3) is 0 Å². The number of carbonyl (C=O) groups is 2. The second kappa shape index (κ2) is 9.83. The molecular weight excluding hydrogens is 406 g/mol. The fraction of sp³-hybridized carbons (Fsp3) is 0.542. The van der Waals surface area contributed by atoms with E-state index in [2.05, 4.69) is 34.4 Å². The molecule has 4 rings (SSSR count). The van der Waals surface area contributed by atoms with Gasteiger partial charge in [0.1, 0.15) is 0 Å². The predicted octanol–water partition coefficient (Wildman–Crippen LogP) is 2.31. The first-order chi connectivity index (χ1) is 15.4. The Morgan fingerprint density at radius 2 is 1.81 bits per heavy atom. The van der Waals surface area contributed by atoms with E-state index in [-0.39, 0.29) is 24.3 Å². The highest BCUT2D eigenvalue weighted by Crippen LogP contribution is 2.24. The predicted molar refractivity (Wildman–Crippen MR) is 123 cm³/mol. The fourth-order valence-corrected chi connectivity index (χ4v) is 4.59. The molecule has 1 aromatic heterocycles. The number of hydrogen-bond acceptors (Lipinski definition) is 5. The molecule has 2 aliphatic heterocycles. The third kappa shape index (κ3) is 5.02. The summed E-state index contributed by atoms with van der Waals surface area (Å²) in [5, 5.41) is 7.68. The zero-order valence-corrected chi connectivity index (χ0v) is 19.3. The van der Waals surface area contributed by atoms with Gasteiger partial charge in [-0.25, -0.2) is 4.68 Å². The van der Waals surface area contributed by atoms with E-state index in [1.165, 1.54) is 5.56 Å². The molecule has 0 radical (unpaired) electrons. The van der Waals surface area contributed by atoms with Crippen molar-refractivity contribution in [1.82, 2.24) is 19.6 Å². The van der Waals surface area contributed by atoms with Gasteiger partial charge in [0.05, 0.1) is 48.4 Å². The summed E-state index contributed by atoms with van der Waals surface area (Å²) in [4.78, 5) is 29.7. The number of likely N-dealkylation sites (tertiary alicyclic amines) is 1. The first kappa shape index (κ1) is 22.5. The number of benzene rings is 1. The molecule has 8 nitrogen and oxygen atoms in total. The summed E-state index contributed by atoms with van der Waals surface area (Å²) in [5.74, 6) is 0.0889. The summed E-state index contributed by atoms with van der Waals surface area (Å²) >= 11 is 0. The highest BCUT2D eigenvalue weighted by Gasteiger charge is 2.31. The van der Waals surface area contributed by atoms with Crippen molar-refractivity contribution in [2.45, 2.75) is 33.6 Å². The van der Waals surface area contributed by atoms with E-state index in [0.717, 1.165) is 42.1 Å². The quantitative estimate of drug-likeness (QED) is 0.773. The standard InChI is InChI=1S/C24H33N5O3/c1-17-6-8-21(9-7-17)29-19(3)23(18(2)26-29)25-22(30)16-27-10-4-5-20(15-27)24(31)28-11-13-32-14-12-28/h6-9,20H,4-5,10-16H2,1-3H3,(H,25,30). The number of aryl methyl sites for hydroxylation is 2. The van der Waals surface area contributed by atoms with Crippen LogP contribution in [0.15, 0.2) is 24.3 Å². The van der Waals surface area contributed by atoms with Crippen molar-refractivity contribution in [2.24, 2.45) is 5.92 Å². The second-order valence-corrected chi connectivity index (χ2v) is 8.85. The molecule has 2 amide bonds. The van der Waals surface area contributed by atoms with Crippen LogP contribution in [0.4, 0.5) is 5.69 Å². The van der Waals surface area contributed by atoms with Gasteiger partial charge in [-0.2, -0.15) is 5.10 Å². The number of nitrogens with zero attached hydrogens (tertiary/aromatic N) is 4. The molecule has 2 aromatic rings. The Labute approximate surface area is 189 Å². The SMILES string of the molecule is Cc1ccc(-n2nc(C)c(NC(=O)CN3CCCC(C(=O)N4CCOCC4)C3)c2C)cc1. The van der Waals surface area contributed by atoms with Crippen molar-refractivity contribution in [2.75, 3.05) is 51.3 Å². The van der Waals surface area contributed by atoms with Crippen LogP contribution in [0.5, 0.6) is 0 Å². The lowest BCUT2D eigenvalue weighted by Gasteiger charge is -2.35. The Kier molecular flexibility index (Phi) is 6.91. The van der Waals surface area contributed by atoms with Gasteiger partial charge in [0.2, 0.25) is 11.8 Å². The normalized spacial score (nSPS) is 19.7. The number of rotatable bonds is 5. The van der Waals surface area contributed by atoms with E-state index in [9.17, 15) is 9.59 Å². The van der Waals surface area contributed by atoms with Gasteiger partial charge in [-0.1, -0.05) is 17.7 Å². The molecule has 2 fully saturated rings. The molecule has 1 N–H and O–H groups in total. The van der Waals surface area contributed by atoms with Gasteiger partial charge in [-0.05, 0) is 52.3 Å². The number of aromatic nitrogens is 2. The zero-order chi connectivity index (χ0) is 22.7. The lowest BCUT2D eigenvalue weighted by Crippen LogP contribution is -2.49. The number of amides is 2. The average Bonchev–Trinajstić information content (AvgIpc) is 3.08. The molecule has 1 aromatic carbocycles. The lowest BCUT2D eigenvalue weighted by atomic mass is 9.96. The maximum atomic E-state index is 12.9. The van der Waals surface area contributed by atoms with Crippen molar-refractivity contribution in [3.05, 3.63) is 41.2 Å². The van der Waals surface area contributed by atoms with Crippen LogP contribution >= 0.6 is 0 Å². The monoisotopic (exact) mass is 439 g/mol. The van der Waals surface area contributed by atoms with E-state index >= 15 is 0 Å². The summed E-state index contributed by atoms with van der Waals surface area (Å²) < 4.78 is 7.22. The molecular formula is C24H33N5O3. The largest absolute Gasteiger partial charge is 0.378 e. The molecule has 172 valence electrons. The van der Waals surface area contributed by atoms with Crippen molar-refractivity contribution in [3.63, 3.8) is 0 Å². The van der Waals surface area contributed by atoms with E-state index in [1.54, 1.807) is 0 Å². The van der Waals surface area contributed by atoms with Gasteiger partial charge >= 0.3 is 0 Å². The molecule has 2 saturated heterocycles. The van der Waals surface area contributed by atoms with Crippen molar-refractivity contribution >= 4 is 17.5 Å². The molecule has 3 heterocycles. The number of ether oxygens (including phenoxy) is 1. The summed E-state index contributed by atoms with van der Waals surface area (Å²) in [6.07, 6.45) is 1.81. The number of morpholine rings is 1. The number of anilines is 1. The average molecular weight is 440 g/mol. The molecule has 8 heteroatoms. The van der Waals surface area contributed by atoms with Crippen LogP contribution in [0.3, 0.4) is 0 Å². The third-order valence-corrected chi connectivity index (χ3v) is 6.38. The van der Waals surface area contributed by atoms with E-state index < -0.39 is 0 Å². The van der Waals surface area contributed by atoms with Gasteiger partial charge in [0, 0.05) is 19.6 Å². The van der Waals surface area contributed by atoms with Crippen molar-refractivity contribution in [1.29, 1.82) is 0 Å². The maximum Gasteiger partial charge on any atom is 0.238 e. The smallest absolute Gasteiger partial charge is 0.238 e. The van der Waals surface area contributed by atoms with Crippen LogP contribution in [0.1, 0.15) is 29.8 Å². The topological polar surface area (TPSA) is 79.7 Å². The molecule has 1 atom stereocenters. The van der Waals surface area contributed by atoms with E-state index in [1.807, 2.05) is 35.6 Å². The summed E-state index contributed by atoms with van der Waals surface area (Å²) in [6, 6.07) is 8.16.